The molecule has 0 amide bonds. The van der Waals surface area contributed by atoms with Crippen molar-refractivity contribution in [3.63, 3.8) is 0 Å². The molecular weight excluding hydrogens is 247 g/mol. The molecule has 0 radical (unpaired) electrons. The minimum absolute atomic E-state index is 0.0781. The number of hydrogen-bond acceptors (Lipinski definition) is 3. The van der Waals surface area contributed by atoms with Crippen LogP contribution in [0.5, 0.6) is 0 Å². The van der Waals surface area contributed by atoms with Gasteiger partial charge in [-0.25, -0.2) is 0 Å². The van der Waals surface area contributed by atoms with E-state index >= 15 is 0 Å². The van der Waals surface area contributed by atoms with Crippen LogP contribution in [0.4, 0.5) is 5.69 Å². The summed E-state index contributed by atoms with van der Waals surface area (Å²) in [5.74, 6) is 0. The van der Waals surface area contributed by atoms with Gasteiger partial charge in [-0.15, -0.1) is 0 Å². The van der Waals surface area contributed by atoms with E-state index in [2.05, 4.69) is 20.9 Å². The molecule has 4 nitrogen and oxygen atoms in total. The van der Waals surface area contributed by atoms with Gasteiger partial charge in [-0.1, -0.05) is 11.6 Å². The molecule has 1 rings (SSSR count). The zero-order valence-corrected chi connectivity index (χ0v) is 8.39. The van der Waals surface area contributed by atoms with Crippen LogP contribution in [0.25, 0.3) is 0 Å². The Bertz CT molecular complexity index is 343. The highest BCUT2D eigenvalue weighted by molar-refractivity contribution is 9.10. The summed E-state index contributed by atoms with van der Waals surface area (Å²) in [4.78, 5) is 13.8. The van der Waals surface area contributed by atoms with Gasteiger partial charge in [0.15, 0.2) is 0 Å². The molecule has 0 aliphatic carbocycles. The van der Waals surface area contributed by atoms with Gasteiger partial charge in [0, 0.05) is 6.20 Å². The molecule has 0 saturated carbocycles. The lowest BCUT2D eigenvalue weighted by Crippen LogP contribution is -1.94. The van der Waals surface area contributed by atoms with Gasteiger partial charge in [-0.05, 0) is 22.9 Å². The Morgan fingerprint density at radius 2 is 2.33 bits per heavy atom. The normalized spacial score (nSPS) is 9.92. The molecule has 0 aromatic carbocycles. The number of halogens is 2. The molecule has 0 bridgehead atoms. The quantitative estimate of drug-likeness (QED) is 0.569. The first kappa shape index (κ1) is 9.41. The SMILES string of the molecule is Cc1ncc(Br)c([N+](=O)[O-])c1Cl. The predicted molar refractivity (Wildman–Crippen MR) is 48.3 cm³/mol. The highest BCUT2D eigenvalue weighted by atomic mass is 79.9. The lowest BCUT2D eigenvalue weighted by atomic mass is 10.3. The molecular formula is C6H4BrClN2O2. The fourth-order valence-electron chi connectivity index (χ4n) is 0.715. The van der Waals surface area contributed by atoms with Crippen LogP contribution in [-0.4, -0.2) is 9.91 Å². The molecule has 1 aromatic rings. The van der Waals surface area contributed by atoms with Gasteiger partial charge in [0.05, 0.1) is 10.6 Å². The zero-order valence-electron chi connectivity index (χ0n) is 6.04. The van der Waals surface area contributed by atoms with E-state index in [0.29, 0.717) is 10.2 Å². The standard InChI is InChI=1S/C6H4BrClN2O2/c1-3-5(8)6(10(11)12)4(7)2-9-3/h2H,1H3. The van der Waals surface area contributed by atoms with Gasteiger partial charge < -0.3 is 0 Å². The third kappa shape index (κ3) is 1.56. The fourth-order valence-corrected chi connectivity index (χ4v) is 1.49. The molecule has 0 N–H and O–H groups in total. The summed E-state index contributed by atoms with van der Waals surface area (Å²) in [5.41, 5.74) is 0.315. The van der Waals surface area contributed by atoms with Crippen molar-refractivity contribution in [2.24, 2.45) is 0 Å². The third-order valence-electron chi connectivity index (χ3n) is 1.31. The van der Waals surface area contributed by atoms with E-state index in [1.807, 2.05) is 0 Å². The summed E-state index contributed by atoms with van der Waals surface area (Å²) in [7, 11) is 0. The molecule has 0 atom stereocenters. The van der Waals surface area contributed by atoms with Gasteiger partial charge in [0.1, 0.15) is 9.50 Å². The topological polar surface area (TPSA) is 56.0 Å². The van der Waals surface area contributed by atoms with Gasteiger partial charge in [0.25, 0.3) is 0 Å². The first-order chi connectivity index (χ1) is 5.54. The van der Waals surface area contributed by atoms with Gasteiger partial charge >= 0.3 is 5.69 Å². The summed E-state index contributed by atoms with van der Waals surface area (Å²) in [6, 6.07) is 0. The zero-order chi connectivity index (χ0) is 9.30. The summed E-state index contributed by atoms with van der Waals surface area (Å²) in [6.07, 6.45) is 1.36. The van der Waals surface area contributed by atoms with Crippen molar-refractivity contribution in [3.8, 4) is 0 Å². The minimum Gasteiger partial charge on any atom is -0.258 e. The Labute approximate surface area is 81.8 Å². The number of pyridine rings is 1. The second kappa shape index (κ2) is 3.37. The molecule has 64 valence electrons. The average molecular weight is 251 g/mol. The lowest BCUT2D eigenvalue weighted by molar-refractivity contribution is -0.385. The summed E-state index contributed by atoms with van der Waals surface area (Å²) in [6.45, 7) is 1.61. The number of hydrogen-bond donors (Lipinski definition) is 0. The number of nitrogens with zero attached hydrogens (tertiary/aromatic N) is 2. The second-order valence-corrected chi connectivity index (χ2v) is 3.34. The van der Waals surface area contributed by atoms with Crippen LogP contribution < -0.4 is 0 Å². The number of rotatable bonds is 1. The molecule has 0 spiro atoms. The van der Waals surface area contributed by atoms with Crippen molar-refractivity contribution in [2.75, 3.05) is 0 Å². The van der Waals surface area contributed by atoms with Crippen molar-refractivity contribution >= 4 is 33.2 Å². The smallest absolute Gasteiger partial charge is 0.258 e. The first-order valence-electron chi connectivity index (χ1n) is 2.99. The maximum atomic E-state index is 10.5. The molecule has 1 heterocycles. The minimum atomic E-state index is -0.541. The van der Waals surface area contributed by atoms with Crippen molar-refractivity contribution in [1.29, 1.82) is 0 Å². The van der Waals surface area contributed by atoms with Gasteiger partial charge in [-0.3, -0.25) is 15.1 Å². The summed E-state index contributed by atoms with van der Waals surface area (Å²) < 4.78 is 0.295. The molecule has 12 heavy (non-hydrogen) atoms. The lowest BCUT2D eigenvalue weighted by Gasteiger charge is -1.99. The van der Waals surface area contributed by atoms with E-state index in [-0.39, 0.29) is 10.7 Å². The number of nitro groups is 1. The Balaban J connectivity index is 3.43. The molecule has 6 heteroatoms. The summed E-state index contributed by atoms with van der Waals surface area (Å²) >= 11 is 8.65. The van der Waals surface area contributed by atoms with Crippen LogP contribution in [0.2, 0.25) is 5.02 Å². The van der Waals surface area contributed by atoms with E-state index in [1.165, 1.54) is 6.20 Å². The van der Waals surface area contributed by atoms with Crippen LogP contribution in [0.1, 0.15) is 5.69 Å². The van der Waals surface area contributed by atoms with E-state index in [0.717, 1.165) is 0 Å². The predicted octanol–water partition coefficient (Wildman–Crippen LogP) is 2.71. The second-order valence-electron chi connectivity index (χ2n) is 2.11. The van der Waals surface area contributed by atoms with E-state index in [1.54, 1.807) is 6.92 Å². The molecule has 0 fully saturated rings. The highest BCUT2D eigenvalue weighted by Gasteiger charge is 2.19. The molecule has 0 unspecified atom stereocenters. The van der Waals surface area contributed by atoms with Crippen LogP contribution in [-0.2, 0) is 0 Å². The largest absolute Gasteiger partial charge is 0.305 e. The monoisotopic (exact) mass is 250 g/mol. The van der Waals surface area contributed by atoms with E-state index in [9.17, 15) is 10.1 Å². The Morgan fingerprint density at radius 3 is 2.75 bits per heavy atom. The number of aromatic nitrogens is 1. The molecule has 0 aliphatic heterocycles. The number of aryl methyl sites for hydroxylation is 1. The Kier molecular flexibility index (Phi) is 2.64. The maximum absolute atomic E-state index is 10.5. The van der Waals surface area contributed by atoms with Crippen molar-refractivity contribution in [2.45, 2.75) is 6.92 Å². The van der Waals surface area contributed by atoms with Crippen LogP contribution >= 0.6 is 27.5 Å². The van der Waals surface area contributed by atoms with Crippen LogP contribution in [0, 0.1) is 17.0 Å². The molecule has 0 aliphatic rings. The van der Waals surface area contributed by atoms with Crippen LogP contribution in [0.15, 0.2) is 10.7 Å². The summed E-state index contributed by atoms with van der Waals surface area (Å²) in [5, 5.41) is 10.5. The van der Waals surface area contributed by atoms with Gasteiger partial charge in [-0.2, -0.15) is 0 Å². The average Bonchev–Trinajstić information content (AvgIpc) is 1.97. The van der Waals surface area contributed by atoms with Gasteiger partial charge in [0.2, 0.25) is 0 Å². The highest BCUT2D eigenvalue weighted by Crippen LogP contribution is 2.33. The first-order valence-corrected chi connectivity index (χ1v) is 4.16. The van der Waals surface area contributed by atoms with Crippen molar-refractivity contribution in [3.05, 3.63) is 31.5 Å². The third-order valence-corrected chi connectivity index (χ3v) is 2.34. The van der Waals surface area contributed by atoms with Crippen LogP contribution in [0.3, 0.4) is 0 Å². The van der Waals surface area contributed by atoms with E-state index < -0.39 is 4.92 Å². The van der Waals surface area contributed by atoms with Crippen molar-refractivity contribution < 1.29 is 4.92 Å². The molecule has 1 aromatic heterocycles. The molecule has 0 saturated heterocycles. The maximum Gasteiger partial charge on any atom is 0.305 e. The Hall–Kier alpha value is -0.680. The van der Waals surface area contributed by atoms with E-state index in [4.69, 9.17) is 11.6 Å². The van der Waals surface area contributed by atoms with Crippen molar-refractivity contribution in [1.82, 2.24) is 4.98 Å². The Morgan fingerprint density at radius 1 is 1.75 bits per heavy atom. The fraction of sp³-hybridized carbons (Fsp3) is 0.167.